The number of hydrogen-bond acceptors (Lipinski definition) is 3. The summed E-state index contributed by atoms with van der Waals surface area (Å²) in [5, 5.41) is 0.373. The first-order valence-corrected chi connectivity index (χ1v) is 6.91. The minimum Gasteiger partial charge on any atom is -0.341 e. The molecule has 0 aliphatic carbocycles. The Kier molecular flexibility index (Phi) is 4.42. The third-order valence-electron chi connectivity index (χ3n) is 3.54. The molecule has 5 heteroatoms. The Morgan fingerprint density at radius 2 is 2.32 bits per heavy atom. The van der Waals surface area contributed by atoms with Crippen LogP contribution in [-0.4, -0.2) is 54.4 Å². The standard InChI is InChI=1S/C14H20ClN3O/c1-10-6-12(7-13(15)16-10)14(19)18(3)9-11-4-5-17(2)8-11/h6-7,11H,4-5,8-9H2,1-3H3. The SMILES string of the molecule is Cc1cc(C(=O)N(C)CC2CCN(C)C2)cc(Cl)n1. The molecule has 19 heavy (non-hydrogen) atoms. The van der Waals surface area contributed by atoms with Crippen LogP contribution in [0, 0.1) is 12.8 Å². The minimum absolute atomic E-state index is 0.0157. The molecule has 1 aromatic rings. The molecule has 0 aromatic carbocycles. The molecule has 1 aliphatic heterocycles. The molecule has 1 aromatic heterocycles. The Morgan fingerprint density at radius 3 is 2.89 bits per heavy atom. The fourth-order valence-corrected chi connectivity index (χ4v) is 2.87. The second-order valence-electron chi connectivity index (χ2n) is 5.42. The number of carbonyl (C=O) groups excluding carboxylic acids is 1. The summed E-state index contributed by atoms with van der Waals surface area (Å²) < 4.78 is 0. The van der Waals surface area contributed by atoms with Crippen LogP contribution in [0.5, 0.6) is 0 Å². The quantitative estimate of drug-likeness (QED) is 0.796. The number of pyridine rings is 1. The molecule has 2 rings (SSSR count). The van der Waals surface area contributed by atoms with E-state index in [1.54, 1.807) is 17.0 Å². The van der Waals surface area contributed by atoms with Crippen molar-refractivity contribution < 1.29 is 4.79 Å². The normalized spacial score (nSPS) is 19.7. The molecule has 0 saturated carbocycles. The summed E-state index contributed by atoms with van der Waals surface area (Å²) in [6.07, 6.45) is 1.16. The van der Waals surface area contributed by atoms with Crippen LogP contribution in [0.3, 0.4) is 0 Å². The van der Waals surface area contributed by atoms with E-state index < -0.39 is 0 Å². The van der Waals surface area contributed by atoms with Crippen molar-refractivity contribution >= 4 is 17.5 Å². The summed E-state index contributed by atoms with van der Waals surface area (Å²) in [5.74, 6) is 0.583. The summed E-state index contributed by atoms with van der Waals surface area (Å²) in [5.41, 5.74) is 1.39. The number of hydrogen-bond donors (Lipinski definition) is 0. The van der Waals surface area contributed by atoms with Crippen molar-refractivity contribution in [2.75, 3.05) is 33.7 Å². The van der Waals surface area contributed by atoms with Crippen LogP contribution in [0.15, 0.2) is 12.1 Å². The van der Waals surface area contributed by atoms with Crippen LogP contribution in [0.4, 0.5) is 0 Å². The molecule has 1 unspecified atom stereocenters. The minimum atomic E-state index is 0.0157. The number of amides is 1. The number of likely N-dealkylation sites (tertiary alicyclic amines) is 1. The molecule has 1 saturated heterocycles. The third kappa shape index (κ3) is 3.67. The van der Waals surface area contributed by atoms with E-state index in [0.717, 1.165) is 31.7 Å². The maximum absolute atomic E-state index is 12.3. The second-order valence-corrected chi connectivity index (χ2v) is 5.81. The van der Waals surface area contributed by atoms with Crippen molar-refractivity contribution in [1.29, 1.82) is 0 Å². The zero-order chi connectivity index (χ0) is 14.0. The van der Waals surface area contributed by atoms with E-state index >= 15 is 0 Å². The summed E-state index contributed by atoms with van der Waals surface area (Å²) in [6, 6.07) is 3.42. The molecule has 0 N–H and O–H groups in total. The van der Waals surface area contributed by atoms with Crippen molar-refractivity contribution in [3.63, 3.8) is 0 Å². The largest absolute Gasteiger partial charge is 0.341 e. The van der Waals surface area contributed by atoms with Crippen molar-refractivity contribution in [2.24, 2.45) is 5.92 Å². The number of rotatable bonds is 3. The third-order valence-corrected chi connectivity index (χ3v) is 3.73. The predicted molar refractivity (Wildman–Crippen MR) is 76.5 cm³/mol. The molecule has 1 aliphatic rings. The number of aryl methyl sites for hydroxylation is 1. The van der Waals surface area contributed by atoms with Crippen LogP contribution in [-0.2, 0) is 0 Å². The topological polar surface area (TPSA) is 36.4 Å². The molecular weight excluding hydrogens is 262 g/mol. The van der Waals surface area contributed by atoms with E-state index in [4.69, 9.17) is 11.6 Å². The average molecular weight is 282 g/mol. The molecule has 0 bridgehead atoms. The molecule has 1 fully saturated rings. The van der Waals surface area contributed by atoms with Gasteiger partial charge in [0.15, 0.2) is 0 Å². The molecule has 4 nitrogen and oxygen atoms in total. The summed E-state index contributed by atoms with van der Waals surface area (Å²) in [6.45, 7) is 4.82. The van der Waals surface area contributed by atoms with Gasteiger partial charge in [0.25, 0.3) is 5.91 Å². The van der Waals surface area contributed by atoms with Gasteiger partial charge in [0, 0.05) is 31.4 Å². The highest BCUT2D eigenvalue weighted by Gasteiger charge is 2.23. The van der Waals surface area contributed by atoms with Gasteiger partial charge < -0.3 is 9.80 Å². The smallest absolute Gasteiger partial charge is 0.253 e. The number of aromatic nitrogens is 1. The zero-order valence-electron chi connectivity index (χ0n) is 11.7. The van der Waals surface area contributed by atoms with E-state index in [1.807, 2.05) is 14.0 Å². The van der Waals surface area contributed by atoms with Gasteiger partial charge in [0.1, 0.15) is 5.15 Å². The highest BCUT2D eigenvalue weighted by Crippen LogP contribution is 2.17. The molecular formula is C14H20ClN3O. The highest BCUT2D eigenvalue weighted by molar-refractivity contribution is 6.29. The van der Waals surface area contributed by atoms with Gasteiger partial charge >= 0.3 is 0 Å². The maximum Gasteiger partial charge on any atom is 0.253 e. The van der Waals surface area contributed by atoms with Gasteiger partial charge in [-0.1, -0.05) is 11.6 Å². The first-order chi connectivity index (χ1) is 8.95. The van der Waals surface area contributed by atoms with E-state index in [-0.39, 0.29) is 5.91 Å². The molecule has 0 radical (unpaired) electrons. The van der Waals surface area contributed by atoms with Gasteiger partial charge in [-0.2, -0.15) is 0 Å². The highest BCUT2D eigenvalue weighted by atomic mass is 35.5. The molecule has 0 spiro atoms. The van der Waals surface area contributed by atoms with Gasteiger partial charge in [-0.15, -0.1) is 0 Å². The lowest BCUT2D eigenvalue weighted by atomic mass is 10.1. The van der Waals surface area contributed by atoms with Crippen molar-refractivity contribution in [3.05, 3.63) is 28.5 Å². The van der Waals surface area contributed by atoms with Crippen LogP contribution in [0.25, 0.3) is 0 Å². The van der Waals surface area contributed by atoms with E-state index in [9.17, 15) is 4.79 Å². The number of carbonyl (C=O) groups is 1. The lowest BCUT2D eigenvalue weighted by Gasteiger charge is -2.21. The Morgan fingerprint density at radius 1 is 1.58 bits per heavy atom. The fourth-order valence-electron chi connectivity index (χ4n) is 2.62. The van der Waals surface area contributed by atoms with Crippen LogP contribution in [0.2, 0.25) is 5.15 Å². The van der Waals surface area contributed by atoms with Crippen molar-refractivity contribution in [3.8, 4) is 0 Å². The Balaban J connectivity index is 2.02. The Labute approximate surface area is 119 Å². The van der Waals surface area contributed by atoms with Gasteiger partial charge in [-0.3, -0.25) is 4.79 Å². The predicted octanol–water partition coefficient (Wildman–Crippen LogP) is 2.07. The van der Waals surface area contributed by atoms with Crippen LogP contribution < -0.4 is 0 Å². The first kappa shape index (κ1) is 14.3. The number of halogens is 1. The lowest BCUT2D eigenvalue weighted by molar-refractivity contribution is 0.0774. The average Bonchev–Trinajstić information content (AvgIpc) is 2.72. The van der Waals surface area contributed by atoms with Crippen LogP contribution >= 0.6 is 11.6 Å². The van der Waals surface area contributed by atoms with E-state index in [1.165, 1.54) is 0 Å². The van der Waals surface area contributed by atoms with Gasteiger partial charge in [0.2, 0.25) is 0 Å². The fraction of sp³-hybridized carbons (Fsp3) is 0.571. The zero-order valence-corrected chi connectivity index (χ0v) is 12.4. The van der Waals surface area contributed by atoms with Gasteiger partial charge in [0.05, 0.1) is 0 Å². The maximum atomic E-state index is 12.3. The van der Waals surface area contributed by atoms with Gasteiger partial charge in [-0.05, 0) is 45.0 Å². The molecule has 104 valence electrons. The van der Waals surface area contributed by atoms with E-state index in [2.05, 4.69) is 16.9 Å². The molecule has 1 atom stereocenters. The molecule has 1 amide bonds. The Bertz CT molecular complexity index is 458. The molecule has 2 heterocycles. The second kappa shape index (κ2) is 5.88. The van der Waals surface area contributed by atoms with Crippen molar-refractivity contribution in [1.82, 2.24) is 14.8 Å². The monoisotopic (exact) mass is 281 g/mol. The summed E-state index contributed by atoms with van der Waals surface area (Å²) >= 11 is 5.90. The van der Waals surface area contributed by atoms with Gasteiger partial charge in [-0.25, -0.2) is 4.98 Å². The van der Waals surface area contributed by atoms with Crippen molar-refractivity contribution in [2.45, 2.75) is 13.3 Å². The lowest BCUT2D eigenvalue weighted by Crippen LogP contribution is -2.32. The number of nitrogens with zero attached hydrogens (tertiary/aromatic N) is 3. The van der Waals surface area contributed by atoms with E-state index in [0.29, 0.717) is 16.6 Å². The summed E-state index contributed by atoms with van der Waals surface area (Å²) in [7, 11) is 3.97. The summed E-state index contributed by atoms with van der Waals surface area (Å²) in [4.78, 5) is 20.5. The Hall–Kier alpha value is -1.13. The van der Waals surface area contributed by atoms with Crippen LogP contribution in [0.1, 0.15) is 22.5 Å². The first-order valence-electron chi connectivity index (χ1n) is 6.54.